The number of piperidine rings is 1. The summed E-state index contributed by atoms with van der Waals surface area (Å²) in [4.78, 5) is 36.4. The first kappa shape index (κ1) is 21.0. The van der Waals surface area contributed by atoms with Gasteiger partial charge in [-0.25, -0.2) is 0 Å². The van der Waals surface area contributed by atoms with Gasteiger partial charge in [-0.15, -0.1) is 0 Å². The molecule has 5 rings (SSSR count). The standard InChI is InChI=1S/C26H32N4O2/c31-25(12-17-28-16-11-20-6-1-2-8-24(20)28)30-15-5-7-22(19-30)23-10-9-21(18-27-23)26(32)29-13-3-4-14-29/h1-2,6,8-10,18,22H,3-5,7,11-17,19H2. The summed E-state index contributed by atoms with van der Waals surface area (Å²) in [5.74, 6) is 0.571. The number of fused-ring (bicyclic) bond motifs is 1. The van der Waals surface area contributed by atoms with Crippen molar-refractivity contribution in [3.05, 3.63) is 59.4 Å². The molecule has 168 valence electrons. The number of hydrogen-bond acceptors (Lipinski definition) is 4. The molecule has 3 aliphatic heterocycles. The van der Waals surface area contributed by atoms with Crippen LogP contribution in [0.5, 0.6) is 0 Å². The average Bonchev–Trinajstić information content (AvgIpc) is 3.53. The zero-order valence-electron chi connectivity index (χ0n) is 18.7. The van der Waals surface area contributed by atoms with Gasteiger partial charge in [0.05, 0.1) is 5.56 Å². The van der Waals surface area contributed by atoms with Gasteiger partial charge in [-0.1, -0.05) is 18.2 Å². The van der Waals surface area contributed by atoms with Crippen molar-refractivity contribution in [2.75, 3.05) is 44.2 Å². The number of aromatic nitrogens is 1. The normalized spacial score (nSPS) is 20.5. The number of para-hydroxylation sites is 1. The van der Waals surface area contributed by atoms with Crippen LogP contribution in [0.4, 0.5) is 5.69 Å². The second-order valence-electron chi connectivity index (χ2n) is 9.27. The zero-order chi connectivity index (χ0) is 21.9. The summed E-state index contributed by atoms with van der Waals surface area (Å²) in [6.07, 6.45) is 7.56. The van der Waals surface area contributed by atoms with E-state index in [1.807, 2.05) is 21.9 Å². The molecular weight excluding hydrogens is 400 g/mol. The van der Waals surface area contributed by atoms with Crippen molar-refractivity contribution >= 4 is 17.5 Å². The van der Waals surface area contributed by atoms with Crippen molar-refractivity contribution in [2.45, 2.75) is 44.4 Å². The first-order valence-electron chi connectivity index (χ1n) is 12.0. The quantitative estimate of drug-likeness (QED) is 0.726. The maximum Gasteiger partial charge on any atom is 0.255 e. The fourth-order valence-electron chi connectivity index (χ4n) is 5.35. The maximum absolute atomic E-state index is 13.0. The van der Waals surface area contributed by atoms with E-state index >= 15 is 0 Å². The van der Waals surface area contributed by atoms with Crippen molar-refractivity contribution in [2.24, 2.45) is 0 Å². The molecule has 0 radical (unpaired) electrons. The van der Waals surface area contributed by atoms with Crippen LogP contribution in [0.15, 0.2) is 42.6 Å². The van der Waals surface area contributed by atoms with Crippen LogP contribution in [0.25, 0.3) is 0 Å². The van der Waals surface area contributed by atoms with Crippen LogP contribution in [0.2, 0.25) is 0 Å². The third-order valence-corrected chi connectivity index (χ3v) is 7.20. The Balaban J connectivity index is 1.16. The van der Waals surface area contributed by atoms with Crippen LogP contribution in [0.1, 0.15) is 59.6 Å². The third kappa shape index (κ3) is 4.36. The van der Waals surface area contributed by atoms with Gasteiger partial charge in [-0.2, -0.15) is 0 Å². The summed E-state index contributed by atoms with van der Waals surface area (Å²) in [6.45, 7) is 5.04. The number of benzene rings is 1. The van der Waals surface area contributed by atoms with E-state index in [1.54, 1.807) is 6.20 Å². The van der Waals surface area contributed by atoms with Crippen LogP contribution >= 0.6 is 0 Å². The molecule has 6 heteroatoms. The molecule has 2 saturated heterocycles. The molecule has 3 aliphatic rings. The molecule has 0 aliphatic carbocycles. The van der Waals surface area contributed by atoms with Gasteiger partial charge in [0.15, 0.2) is 0 Å². The molecule has 0 saturated carbocycles. The van der Waals surface area contributed by atoms with Crippen molar-refractivity contribution < 1.29 is 9.59 Å². The molecule has 6 nitrogen and oxygen atoms in total. The smallest absolute Gasteiger partial charge is 0.255 e. The van der Waals surface area contributed by atoms with Crippen LogP contribution in [-0.4, -0.2) is 65.9 Å². The van der Waals surface area contributed by atoms with Gasteiger partial charge in [-0.3, -0.25) is 14.6 Å². The largest absolute Gasteiger partial charge is 0.370 e. The minimum atomic E-state index is 0.0884. The fraction of sp³-hybridized carbons (Fsp3) is 0.500. The van der Waals surface area contributed by atoms with E-state index in [4.69, 9.17) is 0 Å². The summed E-state index contributed by atoms with van der Waals surface area (Å²) in [5, 5.41) is 0. The highest BCUT2D eigenvalue weighted by Gasteiger charge is 2.27. The first-order chi connectivity index (χ1) is 15.7. The lowest BCUT2D eigenvalue weighted by molar-refractivity contribution is -0.132. The monoisotopic (exact) mass is 432 g/mol. The molecule has 2 amide bonds. The summed E-state index contributed by atoms with van der Waals surface area (Å²) in [7, 11) is 0. The Hall–Kier alpha value is -2.89. The van der Waals surface area contributed by atoms with Crippen LogP contribution in [0, 0.1) is 0 Å². The van der Waals surface area contributed by atoms with Crippen molar-refractivity contribution in [1.29, 1.82) is 0 Å². The zero-order valence-corrected chi connectivity index (χ0v) is 18.7. The van der Waals surface area contributed by atoms with Gasteiger partial charge in [0.25, 0.3) is 5.91 Å². The summed E-state index contributed by atoms with van der Waals surface area (Å²) >= 11 is 0. The topological polar surface area (TPSA) is 56.8 Å². The lowest BCUT2D eigenvalue weighted by atomic mass is 9.93. The van der Waals surface area contributed by atoms with Gasteiger partial charge in [-0.05, 0) is 55.9 Å². The fourth-order valence-corrected chi connectivity index (χ4v) is 5.35. The minimum Gasteiger partial charge on any atom is -0.370 e. The predicted octanol–water partition coefficient (Wildman–Crippen LogP) is 3.48. The Labute approximate surface area is 190 Å². The Morgan fingerprint density at radius 1 is 0.938 bits per heavy atom. The Morgan fingerprint density at radius 3 is 2.56 bits per heavy atom. The molecule has 0 bridgehead atoms. The van der Waals surface area contributed by atoms with Gasteiger partial charge in [0.1, 0.15) is 0 Å². The highest BCUT2D eigenvalue weighted by atomic mass is 16.2. The van der Waals surface area contributed by atoms with E-state index in [1.165, 1.54) is 11.3 Å². The van der Waals surface area contributed by atoms with E-state index < -0.39 is 0 Å². The number of hydrogen-bond donors (Lipinski definition) is 0. The average molecular weight is 433 g/mol. The van der Waals surface area contributed by atoms with E-state index in [9.17, 15) is 9.59 Å². The SMILES string of the molecule is O=C(CCN1CCc2ccccc21)N1CCCC(c2ccc(C(=O)N3CCCC3)cn2)C1. The van der Waals surface area contributed by atoms with Crippen LogP contribution < -0.4 is 4.90 Å². The van der Waals surface area contributed by atoms with Crippen molar-refractivity contribution in [1.82, 2.24) is 14.8 Å². The highest BCUT2D eigenvalue weighted by molar-refractivity contribution is 5.94. The number of nitrogens with zero attached hydrogens (tertiary/aromatic N) is 4. The number of rotatable bonds is 5. The molecule has 4 heterocycles. The molecular formula is C26H32N4O2. The number of anilines is 1. The highest BCUT2D eigenvalue weighted by Crippen LogP contribution is 2.29. The molecule has 2 aromatic rings. The summed E-state index contributed by atoms with van der Waals surface area (Å²) in [5.41, 5.74) is 4.33. The van der Waals surface area contributed by atoms with Gasteiger partial charge in [0, 0.05) is 69.2 Å². The molecule has 1 atom stereocenters. The predicted molar refractivity (Wildman–Crippen MR) is 125 cm³/mol. The van der Waals surface area contributed by atoms with Crippen LogP contribution in [-0.2, 0) is 11.2 Å². The molecule has 1 aromatic carbocycles. The lowest BCUT2D eigenvalue weighted by Gasteiger charge is -2.33. The van der Waals surface area contributed by atoms with E-state index in [-0.39, 0.29) is 17.7 Å². The molecule has 1 unspecified atom stereocenters. The Kier molecular flexibility index (Phi) is 6.10. The summed E-state index contributed by atoms with van der Waals surface area (Å²) in [6, 6.07) is 12.4. The van der Waals surface area contributed by atoms with Gasteiger partial charge < -0.3 is 14.7 Å². The molecule has 0 N–H and O–H groups in total. The lowest BCUT2D eigenvalue weighted by Crippen LogP contribution is -2.40. The maximum atomic E-state index is 13.0. The van der Waals surface area contributed by atoms with Crippen molar-refractivity contribution in [3.8, 4) is 0 Å². The number of pyridine rings is 1. The second-order valence-corrected chi connectivity index (χ2v) is 9.27. The first-order valence-corrected chi connectivity index (χ1v) is 12.0. The van der Waals surface area contributed by atoms with Crippen LogP contribution in [0.3, 0.4) is 0 Å². The van der Waals surface area contributed by atoms with Gasteiger partial charge in [0.2, 0.25) is 5.91 Å². The van der Waals surface area contributed by atoms with E-state index in [0.717, 1.165) is 77.1 Å². The third-order valence-electron chi connectivity index (χ3n) is 7.20. The minimum absolute atomic E-state index is 0.0884. The Morgan fingerprint density at radius 2 is 1.75 bits per heavy atom. The number of amides is 2. The van der Waals surface area contributed by atoms with Gasteiger partial charge >= 0.3 is 0 Å². The number of carbonyl (C=O) groups is 2. The Bertz CT molecular complexity index is 968. The van der Waals surface area contributed by atoms with Crippen molar-refractivity contribution in [3.63, 3.8) is 0 Å². The van der Waals surface area contributed by atoms with E-state index in [0.29, 0.717) is 12.0 Å². The number of carbonyl (C=O) groups excluding carboxylic acids is 2. The molecule has 32 heavy (non-hydrogen) atoms. The molecule has 2 fully saturated rings. The second kappa shape index (κ2) is 9.31. The summed E-state index contributed by atoms with van der Waals surface area (Å²) < 4.78 is 0. The van der Waals surface area contributed by atoms with E-state index in [2.05, 4.69) is 34.1 Å². The molecule has 0 spiro atoms. The molecule has 1 aromatic heterocycles. The number of likely N-dealkylation sites (tertiary alicyclic amines) is 2.